The van der Waals surface area contributed by atoms with E-state index in [1.165, 1.54) is 51.4 Å². The average molecular weight is 226 g/mol. The Labute approximate surface area is 102 Å². The van der Waals surface area contributed by atoms with E-state index < -0.39 is 0 Å². The van der Waals surface area contributed by atoms with Crippen LogP contribution < -0.4 is 0 Å². The van der Waals surface area contributed by atoms with Gasteiger partial charge < -0.3 is 4.74 Å². The second-order valence-corrected chi connectivity index (χ2v) is 6.22. The number of hydrogen-bond acceptors (Lipinski definition) is 1. The van der Waals surface area contributed by atoms with Crippen molar-refractivity contribution in [2.45, 2.75) is 91.3 Å². The molecule has 0 spiro atoms. The minimum absolute atomic E-state index is 0.506. The molecular formula is C15H30O. The van der Waals surface area contributed by atoms with Gasteiger partial charge in [-0.2, -0.15) is 0 Å². The van der Waals surface area contributed by atoms with Gasteiger partial charge in [0.05, 0.1) is 12.2 Å². The smallest absolute Gasteiger partial charge is 0.0584 e. The van der Waals surface area contributed by atoms with E-state index in [1.807, 2.05) is 0 Å². The first-order chi connectivity index (χ1) is 7.57. The van der Waals surface area contributed by atoms with Crippen molar-refractivity contribution in [2.24, 2.45) is 5.41 Å². The Kier molecular flexibility index (Phi) is 5.82. The van der Waals surface area contributed by atoms with E-state index in [1.54, 1.807) is 0 Å². The molecule has 1 heteroatoms. The highest BCUT2D eigenvalue weighted by atomic mass is 16.5. The SMILES string of the molecule is CCCC(CCC)O[C@H]1CCCC(C)(C)C1. The van der Waals surface area contributed by atoms with E-state index in [0.717, 1.165) is 0 Å². The molecule has 0 aliphatic heterocycles. The van der Waals surface area contributed by atoms with Gasteiger partial charge in [-0.1, -0.05) is 47.0 Å². The fourth-order valence-corrected chi connectivity index (χ4v) is 2.94. The van der Waals surface area contributed by atoms with Crippen LogP contribution in [0.3, 0.4) is 0 Å². The van der Waals surface area contributed by atoms with Gasteiger partial charge in [-0.3, -0.25) is 0 Å². The maximum atomic E-state index is 6.31. The molecule has 0 aromatic carbocycles. The largest absolute Gasteiger partial charge is 0.375 e. The molecule has 0 radical (unpaired) electrons. The minimum atomic E-state index is 0.506. The fraction of sp³-hybridized carbons (Fsp3) is 1.00. The molecule has 1 saturated carbocycles. The van der Waals surface area contributed by atoms with E-state index >= 15 is 0 Å². The first-order valence-electron chi connectivity index (χ1n) is 7.23. The number of rotatable bonds is 6. The van der Waals surface area contributed by atoms with Crippen LogP contribution in [0.5, 0.6) is 0 Å². The standard InChI is InChI=1S/C15H30O/c1-5-8-13(9-6-2)16-14-10-7-11-15(3,4)12-14/h13-14H,5-12H2,1-4H3/t14-/m0/s1. The van der Waals surface area contributed by atoms with Gasteiger partial charge in [0.25, 0.3) is 0 Å². The highest BCUT2D eigenvalue weighted by Crippen LogP contribution is 2.37. The molecular weight excluding hydrogens is 196 g/mol. The van der Waals surface area contributed by atoms with E-state index in [4.69, 9.17) is 4.74 Å². The number of ether oxygens (including phenoxy) is 1. The summed E-state index contributed by atoms with van der Waals surface area (Å²) in [6.45, 7) is 9.29. The van der Waals surface area contributed by atoms with E-state index in [9.17, 15) is 0 Å². The molecule has 1 rings (SSSR count). The Morgan fingerprint density at radius 1 is 1.19 bits per heavy atom. The predicted molar refractivity (Wildman–Crippen MR) is 70.7 cm³/mol. The third-order valence-corrected chi connectivity index (χ3v) is 3.77. The van der Waals surface area contributed by atoms with Crippen molar-refractivity contribution in [3.8, 4) is 0 Å². The molecule has 0 bridgehead atoms. The summed E-state index contributed by atoms with van der Waals surface area (Å²) in [5, 5.41) is 0. The normalized spacial score (nSPS) is 24.9. The zero-order valence-corrected chi connectivity index (χ0v) is 11.7. The van der Waals surface area contributed by atoms with Gasteiger partial charge in [0, 0.05) is 0 Å². The molecule has 0 heterocycles. The first kappa shape index (κ1) is 14.0. The molecule has 96 valence electrons. The van der Waals surface area contributed by atoms with Crippen LogP contribution in [0.15, 0.2) is 0 Å². The molecule has 1 atom stereocenters. The van der Waals surface area contributed by atoms with Gasteiger partial charge >= 0.3 is 0 Å². The van der Waals surface area contributed by atoms with Crippen molar-refractivity contribution in [1.29, 1.82) is 0 Å². The summed E-state index contributed by atoms with van der Waals surface area (Å²) in [6.07, 6.45) is 11.3. The lowest BCUT2D eigenvalue weighted by Crippen LogP contribution is -2.31. The summed E-state index contributed by atoms with van der Waals surface area (Å²) >= 11 is 0. The van der Waals surface area contributed by atoms with Crippen LogP contribution >= 0.6 is 0 Å². The summed E-state index contributed by atoms with van der Waals surface area (Å²) in [5.41, 5.74) is 0.506. The van der Waals surface area contributed by atoms with Gasteiger partial charge in [0.2, 0.25) is 0 Å². The van der Waals surface area contributed by atoms with Crippen LogP contribution in [0.2, 0.25) is 0 Å². The van der Waals surface area contributed by atoms with Crippen LogP contribution in [0.4, 0.5) is 0 Å². The Balaban J connectivity index is 2.38. The monoisotopic (exact) mass is 226 g/mol. The molecule has 0 N–H and O–H groups in total. The number of hydrogen-bond donors (Lipinski definition) is 0. The van der Waals surface area contributed by atoms with Crippen LogP contribution in [0.1, 0.15) is 79.1 Å². The van der Waals surface area contributed by atoms with E-state index in [2.05, 4.69) is 27.7 Å². The third-order valence-electron chi connectivity index (χ3n) is 3.77. The van der Waals surface area contributed by atoms with Gasteiger partial charge in [0.15, 0.2) is 0 Å². The van der Waals surface area contributed by atoms with Gasteiger partial charge in [-0.15, -0.1) is 0 Å². The Morgan fingerprint density at radius 3 is 2.31 bits per heavy atom. The topological polar surface area (TPSA) is 9.23 Å². The lowest BCUT2D eigenvalue weighted by Gasteiger charge is -2.37. The second-order valence-electron chi connectivity index (χ2n) is 6.22. The Hall–Kier alpha value is -0.0400. The molecule has 1 aliphatic rings. The average Bonchev–Trinajstić information content (AvgIpc) is 2.16. The van der Waals surface area contributed by atoms with Crippen molar-refractivity contribution < 1.29 is 4.74 Å². The molecule has 0 aromatic heterocycles. The molecule has 1 nitrogen and oxygen atoms in total. The Bertz CT molecular complexity index is 180. The Morgan fingerprint density at radius 2 is 1.81 bits per heavy atom. The summed E-state index contributed by atoms with van der Waals surface area (Å²) in [5.74, 6) is 0. The summed E-state index contributed by atoms with van der Waals surface area (Å²) < 4.78 is 6.31. The zero-order chi connectivity index (χ0) is 12.0. The molecule has 1 fully saturated rings. The predicted octanol–water partition coefficient (Wildman–Crippen LogP) is 4.94. The molecule has 0 aromatic rings. The van der Waals surface area contributed by atoms with Crippen molar-refractivity contribution >= 4 is 0 Å². The van der Waals surface area contributed by atoms with E-state index in [-0.39, 0.29) is 0 Å². The molecule has 1 aliphatic carbocycles. The van der Waals surface area contributed by atoms with Gasteiger partial charge in [-0.25, -0.2) is 0 Å². The molecule has 16 heavy (non-hydrogen) atoms. The van der Waals surface area contributed by atoms with Gasteiger partial charge in [-0.05, 0) is 37.5 Å². The van der Waals surface area contributed by atoms with Crippen molar-refractivity contribution in [1.82, 2.24) is 0 Å². The quantitative estimate of drug-likeness (QED) is 0.623. The maximum Gasteiger partial charge on any atom is 0.0584 e. The van der Waals surface area contributed by atoms with Crippen LogP contribution in [-0.4, -0.2) is 12.2 Å². The lowest BCUT2D eigenvalue weighted by atomic mass is 9.76. The van der Waals surface area contributed by atoms with Crippen LogP contribution in [-0.2, 0) is 4.74 Å². The molecule has 0 amide bonds. The highest BCUT2D eigenvalue weighted by Gasteiger charge is 2.29. The zero-order valence-electron chi connectivity index (χ0n) is 11.7. The summed E-state index contributed by atoms with van der Waals surface area (Å²) in [7, 11) is 0. The second kappa shape index (κ2) is 6.64. The molecule has 0 unspecified atom stereocenters. The van der Waals surface area contributed by atoms with Crippen molar-refractivity contribution in [2.75, 3.05) is 0 Å². The van der Waals surface area contributed by atoms with Crippen molar-refractivity contribution in [3.05, 3.63) is 0 Å². The molecule has 0 saturated heterocycles. The lowest BCUT2D eigenvalue weighted by molar-refractivity contribution is -0.0594. The fourth-order valence-electron chi connectivity index (χ4n) is 2.94. The highest BCUT2D eigenvalue weighted by molar-refractivity contribution is 4.80. The van der Waals surface area contributed by atoms with Crippen LogP contribution in [0.25, 0.3) is 0 Å². The third kappa shape index (κ3) is 4.86. The minimum Gasteiger partial charge on any atom is -0.375 e. The maximum absolute atomic E-state index is 6.31. The van der Waals surface area contributed by atoms with Crippen molar-refractivity contribution in [3.63, 3.8) is 0 Å². The van der Waals surface area contributed by atoms with Gasteiger partial charge in [0.1, 0.15) is 0 Å². The first-order valence-corrected chi connectivity index (χ1v) is 7.23. The van der Waals surface area contributed by atoms with E-state index in [0.29, 0.717) is 17.6 Å². The van der Waals surface area contributed by atoms with Crippen LogP contribution in [0, 0.1) is 5.41 Å². The summed E-state index contributed by atoms with van der Waals surface area (Å²) in [6, 6.07) is 0. The summed E-state index contributed by atoms with van der Waals surface area (Å²) in [4.78, 5) is 0.